The zero-order chi connectivity index (χ0) is 15.5. The van der Waals surface area contributed by atoms with E-state index in [-0.39, 0.29) is 22.9 Å². The summed E-state index contributed by atoms with van der Waals surface area (Å²) in [6.07, 6.45) is -1.83. The smallest absolute Gasteiger partial charge is 0.416 e. The minimum absolute atomic E-state index is 0.0372. The first-order valence-corrected chi connectivity index (χ1v) is 5.69. The third kappa shape index (κ3) is 3.41. The van der Waals surface area contributed by atoms with Gasteiger partial charge in [-0.1, -0.05) is 11.2 Å². The van der Waals surface area contributed by atoms with E-state index < -0.39 is 11.7 Å². The number of hydrogen-bond donors (Lipinski definition) is 2. The molecule has 0 amide bonds. The Bertz CT molecular complexity index is 672. The summed E-state index contributed by atoms with van der Waals surface area (Å²) in [6, 6.07) is 5.78. The molecular weight excluding hydrogens is 287 g/mol. The summed E-state index contributed by atoms with van der Waals surface area (Å²) in [5.41, 5.74) is 4.83. The van der Waals surface area contributed by atoms with Crippen LogP contribution in [0.2, 0.25) is 0 Å². The van der Waals surface area contributed by atoms with Crippen molar-refractivity contribution in [1.82, 2.24) is 4.98 Å². The highest BCUT2D eigenvalue weighted by Crippen LogP contribution is 2.33. The molecule has 2 aromatic rings. The molecule has 0 atom stereocenters. The molecule has 21 heavy (non-hydrogen) atoms. The summed E-state index contributed by atoms with van der Waals surface area (Å²) in [6.45, 7) is 0. The van der Waals surface area contributed by atoms with Crippen molar-refractivity contribution in [2.75, 3.05) is 0 Å². The van der Waals surface area contributed by atoms with E-state index >= 15 is 0 Å². The molecule has 3 N–H and O–H groups in total. The van der Waals surface area contributed by atoms with Crippen LogP contribution in [0.4, 0.5) is 13.2 Å². The quantitative estimate of drug-likeness (QED) is 0.395. The fraction of sp³-hybridized carbons (Fsp3) is 0.0769. The molecule has 0 aliphatic rings. The van der Waals surface area contributed by atoms with Crippen LogP contribution in [0.15, 0.2) is 47.9 Å². The molecule has 0 aliphatic carbocycles. The third-order valence-electron chi connectivity index (χ3n) is 2.56. The number of nitrogens with two attached hydrogens (primary N) is 1. The fourth-order valence-electron chi connectivity index (χ4n) is 1.59. The van der Waals surface area contributed by atoms with Crippen LogP contribution in [0.5, 0.6) is 11.5 Å². The van der Waals surface area contributed by atoms with Crippen LogP contribution in [0.3, 0.4) is 0 Å². The molecular formula is C13H10F3N3O2. The van der Waals surface area contributed by atoms with Crippen molar-refractivity contribution < 1.29 is 23.1 Å². The monoisotopic (exact) mass is 297 g/mol. The molecule has 0 aliphatic heterocycles. The number of halogens is 3. The largest absolute Gasteiger partial charge is 0.455 e. The number of aromatic nitrogens is 1. The summed E-state index contributed by atoms with van der Waals surface area (Å²) in [5, 5.41) is 11.5. The number of alkyl halides is 3. The molecule has 0 radical (unpaired) electrons. The van der Waals surface area contributed by atoms with Crippen LogP contribution in [-0.2, 0) is 6.18 Å². The highest BCUT2D eigenvalue weighted by molar-refractivity contribution is 5.99. The molecule has 0 saturated heterocycles. The molecule has 0 unspecified atom stereocenters. The fourth-order valence-corrected chi connectivity index (χ4v) is 1.59. The average molecular weight is 297 g/mol. The van der Waals surface area contributed by atoms with Crippen LogP contribution in [0.1, 0.15) is 11.1 Å². The summed E-state index contributed by atoms with van der Waals surface area (Å²) in [4.78, 5) is 3.79. The van der Waals surface area contributed by atoms with Gasteiger partial charge < -0.3 is 15.7 Å². The summed E-state index contributed by atoms with van der Waals surface area (Å²) >= 11 is 0. The maximum Gasteiger partial charge on any atom is 0.416 e. The lowest BCUT2D eigenvalue weighted by Gasteiger charge is -2.11. The van der Waals surface area contributed by atoms with E-state index in [1.165, 1.54) is 30.6 Å². The van der Waals surface area contributed by atoms with Gasteiger partial charge in [-0.25, -0.2) is 0 Å². The Kier molecular flexibility index (Phi) is 3.97. The van der Waals surface area contributed by atoms with E-state index in [1.807, 2.05) is 0 Å². The van der Waals surface area contributed by atoms with Gasteiger partial charge in [-0.2, -0.15) is 13.2 Å². The molecule has 1 heterocycles. The van der Waals surface area contributed by atoms with E-state index in [0.717, 1.165) is 12.1 Å². The number of oxime groups is 1. The normalized spacial score (nSPS) is 12.2. The predicted molar refractivity (Wildman–Crippen MR) is 68.3 cm³/mol. The lowest BCUT2D eigenvalue weighted by atomic mass is 10.2. The Morgan fingerprint density at radius 3 is 2.71 bits per heavy atom. The van der Waals surface area contributed by atoms with Gasteiger partial charge in [-0.05, 0) is 24.3 Å². The first-order chi connectivity index (χ1) is 9.91. The second-order valence-electron chi connectivity index (χ2n) is 3.98. The molecule has 0 saturated carbocycles. The topological polar surface area (TPSA) is 80.7 Å². The van der Waals surface area contributed by atoms with Crippen LogP contribution in [-0.4, -0.2) is 16.0 Å². The summed E-state index contributed by atoms with van der Waals surface area (Å²) in [7, 11) is 0. The van der Waals surface area contributed by atoms with Gasteiger partial charge >= 0.3 is 6.18 Å². The number of amidine groups is 1. The van der Waals surface area contributed by atoms with Gasteiger partial charge in [-0.15, -0.1) is 0 Å². The van der Waals surface area contributed by atoms with E-state index in [0.29, 0.717) is 0 Å². The lowest BCUT2D eigenvalue weighted by molar-refractivity contribution is -0.137. The Labute approximate surface area is 117 Å². The highest BCUT2D eigenvalue weighted by atomic mass is 19.4. The summed E-state index contributed by atoms with van der Waals surface area (Å²) < 4.78 is 43.2. The van der Waals surface area contributed by atoms with Crippen molar-refractivity contribution in [2.45, 2.75) is 6.18 Å². The molecule has 1 aromatic heterocycles. The van der Waals surface area contributed by atoms with Crippen molar-refractivity contribution in [3.63, 3.8) is 0 Å². The lowest BCUT2D eigenvalue weighted by Crippen LogP contribution is -2.14. The molecule has 1 aromatic carbocycles. The first kappa shape index (κ1) is 14.6. The van der Waals surface area contributed by atoms with Gasteiger partial charge in [0, 0.05) is 6.20 Å². The van der Waals surface area contributed by atoms with Gasteiger partial charge in [0.15, 0.2) is 11.6 Å². The number of rotatable bonds is 3. The predicted octanol–water partition coefficient (Wildman–Crippen LogP) is 2.99. The Morgan fingerprint density at radius 1 is 1.29 bits per heavy atom. The van der Waals surface area contributed by atoms with E-state index in [1.54, 1.807) is 0 Å². The SMILES string of the molecule is N/C(=N/O)c1ccncc1Oc1cccc(C(F)(F)F)c1. The van der Waals surface area contributed by atoms with Crippen molar-refractivity contribution in [2.24, 2.45) is 10.9 Å². The molecule has 2 rings (SSSR count). The van der Waals surface area contributed by atoms with Crippen LogP contribution in [0, 0.1) is 0 Å². The number of benzene rings is 1. The number of ether oxygens (including phenoxy) is 1. The Balaban J connectivity index is 2.35. The molecule has 0 fully saturated rings. The average Bonchev–Trinajstić information content (AvgIpc) is 2.46. The van der Waals surface area contributed by atoms with Crippen molar-refractivity contribution in [3.05, 3.63) is 53.9 Å². The Morgan fingerprint density at radius 2 is 2.05 bits per heavy atom. The maximum atomic E-state index is 12.6. The minimum Gasteiger partial charge on any atom is -0.455 e. The zero-order valence-corrected chi connectivity index (χ0v) is 10.5. The molecule has 0 bridgehead atoms. The van der Waals surface area contributed by atoms with Crippen molar-refractivity contribution >= 4 is 5.84 Å². The summed E-state index contributed by atoms with van der Waals surface area (Å²) in [5.74, 6) is -0.198. The Hall–Kier alpha value is -2.77. The number of nitrogens with zero attached hydrogens (tertiary/aromatic N) is 2. The van der Waals surface area contributed by atoms with Crippen LogP contribution >= 0.6 is 0 Å². The minimum atomic E-state index is -4.47. The second-order valence-corrected chi connectivity index (χ2v) is 3.98. The van der Waals surface area contributed by atoms with Crippen molar-refractivity contribution in [1.29, 1.82) is 0 Å². The molecule has 0 spiro atoms. The molecule has 8 heteroatoms. The first-order valence-electron chi connectivity index (χ1n) is 5.69. The second kappa shape index (κ2) is 5.70. The van der Waals surface area contributed by atoms with E-state index in [9.17, 15) is 13.2 Å². The van der Waals surface area contributed by atoms with Crippen LogP contribution in [0.25, 0.3) is 0 Å². The maximum absolute atomic E-state index is 12.6. The highest BCUT2D eigenvalue weighted by Gasteiger charge is 2.30. The van der Waals surface area contributed by atoms with Gasteiger partial charge in [0.05, 0.1) is 17.3 Å². The third-order valence-corrected chi connectivity index (χ3v) is 2.56. The number of hydrogen-bond acceptors (Lipinski definition) is 4. The van der Waals surface area contributed by atoms with Crippen molar-refractivity contribution in [3.8, 4) is 11.5 Å². The molecule has 5 nitrogen and oxygen atoms in total. The zero-order valence-electron chi connectivity index (χ0n) is 10.5. The number of pyridine rings is 1. The molecule has 110 valence electrons. The van der Waals surface area contributed by atoms with E-state index in [4.69, 9.17) is 15.7 Å². The standard InChI is InChI=1S/C13H10F3N3O2/c14-13(15,16)8-2-1-3-9(6-8)21-11-7-18-5-4-10(11)12(17)19-20/h1-7,20H,(H2,17,19). The van der Waals surface area contributed by atoms with Crippen LogP contribution < -0.4 is 10.5 Å². The van der Waals surface area contributed by atoms with Gasteiger partial charge in [-0.3, -0.25) is 4.98 Å². The van der Waals surface area contributed by atoms with Gasteiger partial charge in [0.1, 0.15) is 5.75 Å². The van der Waals surface area contributed by atoms with Gasteiger partial charge in [0.25, 0.3) is 0 Å². The van der Waals surface area contributed by atoms with Gasteiger partial charge in [0.2, 0.25) is 0 Å². The van der Waals surface area contributed by atoms with E-state index in [2.05, 4.69) is 10.1 Å².